The third kappa shape index (κ3) is 2.85. The summed E-state index contributed by atoms with van der Waals surface area (Å²) in [7, 11) is 0. The zero-order valence-electron chi connectivity index (χ0n) is 12.9. The van der Waals surface area contributed by atoms with E-state index < -0.39 is 0 Å². The Morgan fingerprint density at radius 2 is 1.85 bits per heavy atom. The van der Waals surface area contributed by atoms with Gasteiger partial charge < -0.3 is 10.5 Å². The van der Waals surface area contributed by atoms with E-state index in [0.29, 0.717) is 0 Å². The molecule has 0 atom stereocenters. The zero-order chi connectivity index (χ0) is 14.2. The fourth-order valence-electron chi connectivity index (χ4n) is 3.45. The van der Waals surface area contributed by atoms with Crippen LogP contribution in [0.5, 0.6) is 5.75 Å². The quantitative estimate of drug-likeness (QED) is 0.892. The lowest BCUT2D eigenvalue weighted by Gasteiger charge is -2.36. The summed E-state index contributed by atoms with van der Waals surface area (Å²) in [6.07, 6.45) is 8.65. The average Bonchev–Trinajstić information content (AvgIpc) is 3.22. The molecule has 0 saturated heterocycles. The van der Waals surface area contributed by atoms with Crippen LogP contribution in [0.3, 0.4) is 0 Å². The molecule has 2 aliphatic rings. The minimum Gasteiger partial charge on any atom is -0.493 e. The topological polar surface area (TPSA) is 35.2 Å². The summed E-state index contributed by atoms with van der Waals surface area (Å²) < 4.78 is 6.19. The lowest BCUT2D eigenvalue weighted by atomic mass is 9.76. The Hall–Kier alpha value is -1.02. The zero-order valence-corrected chi connectivity index (χ0v) is 12.9. The van der Waals surface area contributed by atoms with Crippen LogP contribution in [0.15, 0.2) is 12.1 Å². The van der Waals surface area contributed by atoms with Crippen molar-refractivity contribution >= 4 is 0 Å². The van der Waals surface area contributed by atoms with Crippen LogP contribution >= 0.6 is 0 Å². The van der Waals surface area contributed by atoms with Crippen LogP contribution in [0.25, 0.3) is 0 Å². The first-order valence-electron chi connectivity index (χ1n) is 8.12. The van der Waals surface area contributed by atoms with Gasteiger partial charge in [0.2, 0.25) is 0 Å². The minimum atomic E-state index is -0.173. The molecule has 2 aliphatic carbocycles. The first-order valence-corrected chi connectivity index (χ1v) is 8.12. The summed E-state index contributed by atoms with van der Waals surface area (Å²) in [4.78, 5) is 0. The predicted molar refractivity (Wildman–Crippen MR) is 83.1 cm³/mol. The Labute approximate surface area is 122 Å². The highest BCUT2D eigenvalue weighted by molar-refractivity contribution is 5.47. The third-order valence-electron chi connectivity index (χ3n) is 4.86. The van der Waals surface area contributed by atoms with Gasteiger partial charge in [0.25, 0.3) is 0 Å². The molecule has 0 spiro atoms. The molecule has 0 amide bonds. The summed E-state index contributed by atoms with van der Waals surface area (Å²) in [5, 5.41) is 0. The Morgan fingerprint density at radius 3 is 2.50 bits per heavy atom. The summed E-state index contributed by atoms with van der Waals surface area (Å²) in [5.74, 6) is 1.86. The van der Waals surface area contributed by atoms with Gasteiger partial charge in [0, 0.05) is 11.1 Å². The highest BCUT2D eigenvalue weighted by Crippen LogP contribution is 2.42. The molecule has 0 aromatic heterocycles. The maximum atomic E-state index is 6.76. The molecule has 1 aromatic rings. The van der Waals surface area contributed by atoms with Gasteiger partial charge in [-0.2, -0.15) is 0 Å². The van der Waals surface area contributed by atoms with E-state index in [1.165, 1.54) is 48.8 Å². The lowest BCUT2D eigenvalue weighted by molar-refractivity contribution is 0.261. The van der Waals surface area contributed by atoms with Gasteiger partial charge >= 0.3 is 0 Å². The van der Waals surface area contributed by atoms with Crippen LogP contribution in [-0.2, 0) is 5.54 Å². The molecule has 2 fully saturated rings. The van der Waals surface area contributed by atoms with Gasteiger partial charge in [-0.1, -0.05) is 37.0 Å². The van der Waals surface area contributed by atoms with Crippen LogP contribution in [0.2, 0.25) is 0 Å². The SMILES string of the molecule is Cc1cc(C)c(OCC2CC2)c(C2(N)CCCCC2)c1. The fraction of sp³-hybridized carbons (Fsp3) is 0.667. The third-order valence-corrected chi connectivity index (χ3v) is 4.86. The molecule has 2 nitrogen and oxygen atoms in total. The van der Waals surface area contributed by atoms with E-state index >= 15 is 0 Å². The van der Waals surface area contributed by atoms with Crippen molar-refractivity contribution in [3.8, 4) is 5.75 Å². The normalized spacial score (nSPS) is 21.8. The number of nitrogens with two attached hydrogens (primary N) is 1. The molecular weight excluding hydrogens is 246 g/mol. The molecular formula is C18H27NO. The Balaban J connectivity index is 1.93. The molecule has 2 heteroatoms. The van der Waals surface area contributed by atoms with Gasteiger partial charge in [-0.3, -0.25) is 0 Å². The van der Waals surface area contributed by atoms with Gasteiger partial charge in [0.15, 0.2) is 0 Å². The van der Waals surface area contributed by atoms with E-state index in [1.807, 2.05) is 0 Å². The van der Waals surface area contributed by atoms with Crippen molar-refractivity contribution in [2.24, 2.45) is 11.7 Å². The molecule has 110 valence electrons. The highest BCUT2D eigenvalue weighted by Gasteiger charge is 2.33. The number of ether oxygens (including phenoxy) is 1. The molecule has 20 heavy (non-hydrogen) atoms. The van der Waals surface area contributed by atoms with Crippen molar-refractivity contribution in [1.29, 1.82) is 0 Å². The van der Waals surface area contributed by atoms with E-state index in [9.17, 15) is 0 Å². The smallest absolute Gasteiger partial charge is 0.127 e. The number of rotatable bonds is 4. The van der Waals surface area contributed by atoms with Crippen LogP contribution in [0.4, 0.5) is 0 Å². The van der Waals surface area contributed by atoms with Gasteiger partial charge in [0.1, 0.15) is 5.75 Å². The second-order valence-corrected chi connectivity index (χ2v) is 6.93. The van der Waals surface area contributed by atoms with Gasteiger partial charge in [0.05, 0.1) is 6.61 Å². The van der Waals surface area contributed by atoms with E-state index in [0.717, 1.165) is 31.1 Å². The molecule has 0 unspecified atom stereocenters. The monoisotopic (exact) mass is 273 g/mol. The molecule has 2 N–H and O–H groups in total. The summed E-state index contributed by atoms with van der Waals surface area (Å²) in [5.41, 5.74) is 10.4. The second kappa shape index (κ2) is 5.40. The largest absolute Gasteiger partial charge is 0.493 e. The van der Waals surface area contributed by atoms with Gasteiger partial charge in [-0.15, -0.1) is 0 Å². The molecule has 1 aromatic carbocycles. The number of benzene rings is 1. The van der Waals surface area contributed by atoms with Crippen molar-refractivity contribution < 1.29 is 4.74 Å². The van der Waals surface area contributed by atoms with Crippen LogP contribution < -0.4 is 10.5 Å². The minimum absolute atomic E-state index is 0.173. The Kier molecular flexibility index (Phi) is 3.76. The Morgan fingerprint density at radius 1 is 1.15 bits per heavy atom. The van der Waals surface area contributed by atoms with Crippen molar-refractivity contribution in [3.63, 3.8) is 0 Å². The molecule has 2 saturated carbocycles. The second-order valence-electron chi connectivity index (χ2n) is 6.93. The predicted octanol–water partition coefficient (Wildman–Crippen LogP) is 4.21. The maximum absolute atomic E-state index is 6.76. The van der Waals surface area contributed by atoms with E-state index in [4.69, 9.17) is 10.5 Å². The fourth-order valence-corrected chi connectivity index (χ4v) is 3.45. The van der Waals surface area contributed by atoms with Crippen LogP contribution in [-0.4, -0.2) is 6.61 Å². The van der Waals surface area contributed by atoms with E-state index in [1.54, 1.807) is 0 Å². The van der Waals surface area contributed by atoms with Crippen LogP contribution in [0.1, 0.15) is 61.6 Å². The van der Waals surface area contributed by atoms with E-state index in [-0.39, 0.29) is 5.54 Å². The molecule has 3 rings (SSSR count). The summed E-state index contributed by atoms with van der Waals surface area (Å²) >= 11 is 0. The molecule has 0 aliphatic heterocycles. The molecule has 0 bridgehead atoms. The number of hydrogen-bond acceptors (Lipinski definition) is 2. The van der Waals surface area contributed by atoms with Crippen molar-refractivity contribution in [1.82, 2.24) is 0 Å². The van der Waals surface area contributed by atoms with Crippen molar-refractivity contribution in [2.75, 3.05) is 6.61 Å². The van der Waals surface area contributed by atoms with Gasteiger partial charge in [-0.05, 0) is 51.0 Å². The maximum Gasteiger partial charge on any atom is 0.127 e. The highest BCUT2D eigenvalue weighted by atomic mass is 16.5. The summed E-state index contributed by atoms with van der Waals surface area (Å²) in [6, 6.07) is 4.48. The van der Waals surface area contributed by atoms with Crippen molar-refractivity contribution in [2.45, 2.75) is 64.3 Å². The number of hydrogen-bond donors (Lipinski definition) is 1. The lowest BCUT2D eigenvalue weighted by Crippen LogP contribution is -2.39. The summed E-state index contributed by atoms with van der Waals surface area (Å²) in [6.45, 7) is 5.19. The first kappa shape index (κ1) is 13.9. The Bertz CT molecular complexity index is 484. The van der Waals surface area contributed by atoms with Gasteiger partial charge in [-0.25, -0.2) is 0 Å². The van der Waals surface area contributed by atoms with Crippen LogP contribution in [0, 0.1) is 19.8 Å². The van der Waals surface area contributed by atoms with Crippen molar-refractivity contribution in [3.05, 3.63) is 28.8 Å². The number of aryl methyl sites for hydroxylation is 2. The standard InChI is InChI=1S/C18H27NO/c1-13-10-14(2)17(20-12-15-6-7-15)16(11-13)18(19)8-4-3-5-9-18/h10-11,15H,3-9,12,19H2,1-2H3. The average molecular weight is 273 g/mol. The molecule has 0 radical (unpaired) electrons. The molecule has 0 heterocycles. The first-order chi connectivity index (χ1) is 9.58. The van der Waals surface area contributed by atoms with E-state index in [2.05, 4.69) is 26.0 Å².